The molecule has 1 heterocycles. The summed E-state index contributed by atoms with van der Waals surface area (Å²) in [6.45, 7) is 0. The number of amides is 1. The van der Waals surface area contributed by atoms with Gasteiger partial charge in [0.15, 0.2) is 5.82 Å². The third-order valence-corrected chi connectivity index (χ3v) is 6.78. The van der Waals surface area contributed by atoms with E-state index in [0.29, 0.717) is 30.3 Å². The van der Waals surface area contributed by atoms with Crippen LogP contribution >= 0.6 is 22.9 Å². The summed E-state index contributed by atoms with van der Waals surface area (Å²) in [4.78, 5) is 13.9. The normalized spacial score (nSPS) is 12.6. The number of carboxylic acid groups (broad SMARTS) is 1. The van der Waals surface area contributed by atoms with Crippen molar-refractivity contribution in [1.29, 1.82) is 0 Å². The number of thiazole rings is 1. The number of anilines is 2. The molecule has 3 aromatic rings. The molecule has 0 aliphatic heterocycles. The van der Waals surface area contributed by atoms with Crippen LogP contribution < -0.4 is 9.62 Å². The molecule has 2 N–H and O–H groups in total. The summed E-state index contributed by atoms with van der Waals surface area (Å²) in [6, 6.07) is 0.596. The Morgan fingerprint density at radius 1 is 1.15 bits per heavy atom. The number of carbonyl (C=O) groups is 1. The van der Waals surface area contributed by atoms with E-state index in [2.05, 4.69) is 10.3 Å². The van der Waals surface area contributed by atoms with Crippen molar-refractivity contribution in [3.05, 3.63) is 69.3 Å². The number of nitrogens with one attached hydrogen (secondary N) is 1. The summed E-state index contributed by atoms with van der Waals surface area (Å²) < 4.78 is 94.7. The van der Waals surface area contributed by atoms with Gasteiger partial charge in [-0.05, 0) is 30.3 Å². The quantitative estimate of drug-likeness (QED) is 0.393. The average molecular weight is 528 g/mol. The molecule has 0 unspecified atom stereocenters. The molecule has 0 aliphatic rings. The fraction of sp³-hybridized carbons (Fsp3) is 0.111. The summed E-state index contributed by atoms with van der Waals surface area (Å²) in [5.74, 6) is -4.25. The molecule has 2 aromatic carbocycles. The van der Waals surface area contributed by atoms with Crippen LogP contribution in [0.4, 0.5) is 38.3 Å². The van der Waals surface area contributed by atoms with E-state index in [9.17, 15) is 40.3 Å². The predicted octanol–water partition coefficient (Wildman–Crippen LogP) is 5.51. The number of nitrogens with zero attached hydrogens (tertiary/aromatic N) is 2. The molecule has 1 atom stereocenters. The van der Waals surface area contributed by atoms with Crippen LogP contribution in [-0.4, -0.2) is 31.0 Å². The smallest absolute Gasteiger partial charge is 0.427 e. The van der Waals surface area contributed by atoms with Gasteiger partial charge >= 0.3 is 6.09 Å². The molecule has 1 amide bonds. The largest absolute Gasteiger partial charge is 0.464 e. The standard InChI is InChI=1S/C18H11ClF5N3O4S2/c19-10-4-14(33(30,31)27(18(28)29)15-6-32-7-25-15)12(22)5-13(10)26-16(17(23)24)9-3-8(20)1-2-11(9)21/h1-7,16-17,26H,(H,28,29)/t16-/m1/s1. The number of sulfonamides is 1. The van der Waals surface area contributed by atoms with Crippen molar-refractivity contribution in [1.82, 2.24) is 4.98 Å². The van der Waals surface area contributed by atoms with Crippen molar-refractivity contribution >= 4 is 50.6 Å². The summed E-state index contributed by atoms with van der Waals surface area (Å²) in [7, 11) is -5.07. The van der Waals surface area contributed by atoms with E-state index in [-0.39, 0.29) is 4.31 Å². The molecule has 15 heteroatoms. The number of benzene rings is 2. The van der Waals surface area contributed by atoms with Crippen LogP contribution in [0, 0.1) is 17.5 Å². The van der Waals surface area contributed by atoms with Gasteiger partial charge in [0.2, 0.25) is 0 Å². The van der Waals surface area contributed by atoms with Gasteiger partial charge in [0, 0.05) is 10.9 Å². The van der Waals surface area contributed by atoms with Crippen LogP contribution in [0.25, 0.3) is 0 Å². The summed E-state index contributed by atoms with van der Waals surface area (Å²) >= 11 is 6.82. The molecule has 0 spiro atoms. The zero-order valence-electron chi connectivity index (χ0n) is 15.8. The average Bonchev–Trinajstić information content (AvgIpc) is 3.23. The van der Waals surface area contributed by atoms with E-state index in [1.54, 1.807) is 0 Å². The molecule has 7 nitrogen and oxygen atoms in total. The third-order valence-electron chi connectivity index (χ3n) is 4.20. The highest BCUT2D eigenvalue weighted by molar-refractivity contribution is 7.93. The summed E-state index contributed by atoms with van der Waals surface area (Å²) in [6.07, 6.45) is -5.30. The third kappa shape index (κ3) is 5.02. The van der Waals surface area contributed by atoms with Crippen molar-refractivity contribution in [2.75, 3.05) is 9.62 Å². The lowest BCUT2D eigenvalue weighted by Crippen LogP contribution is -2.36. The van der Waals surface area contributed by atoms with Crippen LogP contribution in [0.1, 0.15) is 11.6 Å². The second-order valence-electron chi connectivity index (χ2n) is 6.28. The van der Waals surface area contributed by atoms with Gasteiger partial charge in [-0.1, -0.05) is 11.6 Å². The SMILES string of the molecule is O=C(O)N(c1cscn1)S(=O)(=O)c1cc(Cl)c(N[C@H](c2cc(F)ccc2F)C(F)F)cc1F. The molecular formula is C18H11ClF5N3O4S2. The maximum atomic E-state index is 14.8. The van der Waals surface area contributed by atoms with E-state index < -0.39 is 73.0 Å². The predicted molar refractivity (Wildman–Crippen MR) is 110 cm³/mol. The van der Waals surface area contributed by atoms with Crippen molar-refractivity contribution < 1.29 is 40.3 Å². The Morgan fingerprint density at radius 3 is 2.42 bits per heavy atom. The van der Waals surface area contributed by atoms with Gasteiger partial charge in [0.1, 0.15) is 28.4 Å². The van der Waals surface area contributed by atoms with Crippen molar-refractivity contribution in [3.8, 4) is 0 Å². The molecule has 33 heavy (non-hydrogen) atoms. The number of alkyl halides is 2. The van der Waals surface area contributed by atoms with Crippen LogP contribution in [0.15, 0.2) is 46.1 Å². The highest BCUT2D eigenvalue weighted by Gasteiger charge is 2.35. The zero-order valence-corrected chi connectivity index (χ0v) is 18.2. The van der Waals surface area contributed by atoms with E-state index >= 15 is 0 Å². The molecule has 0 fully saturated rings. The lowest BCUT2D eigenvalue weighted by atomic mass is 10.1. The van der Waals surface area contributed by atoms with Crippen molar-refractivity contribution in [3.63, 3.8) is 0 Å². The molecule has 176 valence electrons. The van der Waals surface area contributed by atoms with Gasteiger partial charge in [-0.15, -0.1) is 15.6 Å². The molecule has 0 bridgehead atoms. The Balaban J connectivity index is 2.03. The molecule has 0 radical (unpaired) electrons. The van der Waals surface area contributed by atoms with Gasteiger partial charge in [0.05, 0.1) is 16.2 Å². The van der Waals surface area contributed by atoms with E-state index in [1.165, 1.54) is 0 Å². The fourth-order valence-electron chi connectivity index (χ4n) is 2.76. The fourth-order valence-corrected chi connectivity index (χ4v) is 4.95. The Kier molecular flexibility index (Phi) is 7.09. The lowest BCUT2D eigenvalue weighted by Gasteiger charge is -2.22. The number of rotatable bonds is 7. The van der Waals surface area contributed by atoms with Gasteiger partial charge in [-0.2, -0.15) is 0 Å². The van der Waals surface area contributed by atoms with Crippen LogP contribution in [0.3, 0.4) is 0 Å². The number of halogens is 6. The minimum absolute atomic E-state index is 0.185. The topological polar surface area (TPSA) is 99.6 Å². The number of hydrogen-bond donors (Lipinski definition) is 2. The first kappa shape index (κ1) is 24.7. The molecule has 3 rings (SSSR count). The summed E-state index contributed by atoms with van der Waals surface area (Å²) in [5, 5.41) is 11.8. The van der Waals surface area contributed by atoms with E-state index in [4.69, 9.17) is 11.6 Å². The van der Waals surface area contributed by atoms with Gasteiger partial charge < -0.3 is 10.4 Å². The van der Waals surface area contributed by atoms with Crippen LogP contribution in [0.5, 0.6) is 0 Å². The second kappa shape index (κ2) is 9.49. The van der Waals surface area contributed by atoms with E-state index in [1.807, 2.05) is 0 Å². The lowest BCUT2D eigenvalue weighted by molar-refractivity contribution is 0.123. The maximum absolute atomic E-state index is 14.8. The minimum Gasteiger partial charge on any atom is -0.464 e. The number of aromatic nitrogens is 1. The van der Waals surface area contributed by atoms with Gasteiger partial charge in [-0.3, -0.25) is 0 Å². The molecular weight excluding hydrogens is 517 g/mol. The summed E-state index contributed by atoms with van der Waals surface area (Å²) in [5.41, 5.74) is -0.205. The Morgan fingerprint density at radius 2 is 1.85 bits per heavy atom. The minimum atomic E-state index is -5.07. The molecule has 0 saturated carbocycles. The van der Waals surface area contributed by atoms with Crippen LogP contribution in [0.2, 0.25) is 5.02 Å². The van der Waals surface area contributed by atoms with Gasteiger partial charge in [-0.25, -0.2) is 40.1 Å². The number of hydrogen-bond acceptors (Lipinski definition) is 6. The first-order valence-electron chi connectivity index (χ1n) is 8.58. The molecule has 0 saturated heterocycles. The highest BCUT2D eigenvalue weighted by atomic mass is 35.5. The first-order chi connectivity index (χ1) is 15.4. The van der Waals surface area contributed by atoms with Gasteiger partial charge in [0.25, 0.3) is 16.4 Å². The zero-order chi connectivity index (χ0) is 24.5. The van der Waals surface area contributed by atoms with Crippen LogP contribution in [-0.2, 0) is 10.0 Å². The highest BCUT2D eigenvalue weighted by Crippen LogP contribution is 2.35. The van der Waals surface area contributed by atoms with Crippen molar-refractivity contribution in [2.45, 2.75) is 17.4 Å². The second-order valence-corrected chi connectivity index (χ2v) is 9.16. The Bertz CT molecular complexity index is 1290. The monoisotopic (exact) mass is 527 g/mol. The Labute approximate surface area is 192 Å². The van der Waals surface area contributed by atoms with E-state index in [0.717, 1.165) is 22.2 Å². The molecule has 0 aliphatic carbocycles. The first-order valence-corrected chi connectivity index (χ1v) is 11.3. The maximum Gasteiger partial charge on any atom is 0.427 e. The van der Waals surface area contributed by atoms with Crippen molar-refractivity contribution in [2.24, 2.45) is 0 Å². The Hall–Kier alpha value is -2.97. The molecule has 1 aromatic heterocycles.